The number of carboxylic acids is 1. The largest absolute Gasteiger partial charge is 0.496 e. The van der Waals surface area contributed by atoms with Gasteiger partial charge in [0.25, 0.3) is 0 Å². The van der Waals surface area contributed by atoms with Gasteiger partial charge in [-0.15, -0.1) is 0 Å². The lowest BCUT2D eigenvalue weighted by Gasteiger charge is -2.31. The van der Waals surface area contributed by atoms with Gasteiger partial charge in [0.15, 0.2) is 0 Å². The van der Waals surface area contributed by atoms with Crippen molar-refractivity contribution in [3.63, 3.8) is 0 Å². The number of hydrogen-bond donors (Lipinski definition) is 1. The maximum absolute atomic E-state index is 11.4. The second-order valence-electron chi connectivity index (χ2n) is 4.92. The Morgan fingerprint density at radius 3 is 2.89 bits per heavy atom. The van der Waals surface area contributed by atoms with Gasteiger partial charge in [-0.3, -0.25) is 9.69 Å². The van der Waals surface area contributed by atoms with Crippen LogP contribution in [0.25, 0.3) is 0 Å². The number of hydrogen-bond acceptors (Lipinski definition) is 3. The molecule has 4 heteroatoms. The smallest absolute Gasteiger partial charge is 0.323 e. The number of benzene rings is 1. The minimum Gasteiger partial charge on any atom is -0.496 e. The Morgan fingerprint density at radius 2 is 2.22 bits per heavy atom. The zero-order chi connectivity index (χ0) is 13.2. The molecule has 4 nitrogen and oxygen atoms in total. The van der Waals surface area contributed by atoms with Gasteiger partial charge in [0.2, 0.25) is 0 Å². The quantitative estimate of drug-likeness (QED) is 0.888. The number of methoxy groups -OCH3 is 1. The maximum atomic E-state index is 11.4. The summed E-state index contributed by atoms with van der Waals surface area (Å²) < 4.78 is 5.31. The predicted octanol–water partition coefficient (Wildman–Crippen LogP) is 2.13. The number of rotatable bonds is 4. The number of para-hydroxylation sites is 1. The molecular weight excluding hydrogens is 230 g/mol. The summed E-state index contributed by atoms with van der Waals surface area (Å²) in [4.78, 5) is 13.4. The molecule has 0 radical (unpaired) electrons. The molecule has 0 amide bonds. The molecule has 0 saturated carbocycles. The molecule has 1 aromatic rings. The van der Waals surface area contributed by atoms with Crippen molar-refractivity contribution in [1.82, 2.24) is 4.90 Å². The second-order valence-corrected chi connectivity index (χ2v) is 4.92. The molecule has 98 valence electrons. The third-order valence-corrected chi connectivity index (χ3v) is 3.80. The van der Waals surface area contributed by atoms with E-state index in [-0.39, 0.29) is 0 Å². The summed E-state index contributed by atoms with van der Waals surface area (Å²) in [5, 5.41) is 9.37. The van der Waals surface area contributed by atoms with E-state index in [4.69, 9.17) is 4.74 Å². The molecule has 1 aromatic carbocycles. The Bertz CT molecular complexity index is 446. The third-order valence-electron chi connectivity index (χ3n) is 3.80. The summed E-state index contributed by atoms with van der Waals surface area (Å²) in [5.41, 5.74) is 0.287. The molecule has 1 atom stereocenters. The predicted molar refractivity (Wildman–Crippen MR) is 68.7 cm³/mol. The molecule has 1 fully saturated rings. The van der Waals surface area contributed by atoms with E-state index in [2.05, 4.69) is 0 Å². The van der Waals surface area contributed by atoms with Gasteiger partial charge >= 0.3 is 5.97 Å². The van der Waals surface area contributed by atoms with Crippen LogP contribution in [0.3, 0.4) is 0 Å². The molecule has 0 spiro atoms. The number of nitrogens with zero attached hydrogens (tertiary/aromatic N) is 1. The van der Waals surface area contributed by atoms with Crippen LogP contribution in [0.4, 0.5) is 0 Å². The second kappa shape index (κ2) is 4.98. The SMILES string of the molecule is COc1ccccc1CN1CCCC1(C)C(=O)O. The Kier molecular flexibility index (Phi) is 3.57. The number of carboxylic acid groups (broad SMARTS) is 1. The van der Waals surface area contributed by atoms with Crippen molar-refractivity contribution in [3.05, 3.63) is 29.8 Å². The van der Waals surface area contributed by atoms with E-state index in [1.165, 1.54) is 0 Å². The van der Waals surface area contributed by atoms with Gasteiger partial charge in [0, 0.05) is 12.1 Å². The number of aliphatic carboxylic acids is 1. The molecular formula is C14H19NO3. The first-order chi connectivity index (χ1) is 8.58. The zero-order valence-corrected chi connectivity index (χ0v) is 10.8. The zero-order valence-electron chi connectivity index (χ0n) is 10.8. The number of ether oxygens (including phenoxy) is 1. The van der Waals surface area contributed by atoms with Crippen LogP contribution in [-0.4, -0.2) is 35.2 Å². The van der Waals surface area contributed by atoms with Crippen LogP contribution in [0.2, 0.25) is 0 Å². The van der Waals surface area contributed by atoms with Gasteiger partial charge in [-0.25, -0.2) is 0 Å². The van der Waals surface area contributed by atoms with E-state index < -0.39 is 11.5 Å². The maximum Gasteiger partial charge on any atom is 0.323 e. The highest BCUT2D eigenvalue weighted by Crippen LogP contribution is 2.32. The minimum atomic E-state index is -0.749. The summed E-state index contributed by atoms with van der Waals surface area (Å²) >= 11 is 0. The third kappa shape index (κ3) is 2.20. The van der Waals surface area contributed by atoms with Gasteiger partial charge in [-0.05, 0) is 32.4 Å². The first kappa shape index (κ1) is 12.9. The van der Waals surface area contributed by atoms with Crippen molar-refractivity contribution in [2.45, 2.75) is 31.8 Å². The fraction of sp³-hybridized carbons (Fsp3) is 0.500. The summed E-state index contributed by atoms with van der Waals surface area (Å²) in [7, 11) is 1.64. The van der Waals surface area contributed by atoms with E-state index in [0.29, 0.717) is 13.0 Å². The highest BCUT2D eigenvalue weighted by atomic mass is 16.5. The summed E-state index contributed by atoms with van der Waals surface area (Å²) in [6.07, 6.45) is 1.63. The highest BCUT2D eigenvalue weighted by Gasteiger charge is 2.43. The molecule has 1 N–H and O–H groups in total. The van der Waals surface area contributed by atoms with Gasteiger partial charge < -0.3 is 9.84 Å². The van der Waals surface area contributed by atoms with Crippen molar-refractivity contribution in [2.24, 2.45) is 0 Å². The molecule has 1 unspecified atom stereocenters. The van der Waals surface area contributed by atoms with Crippen molar-refractivity contribution in [3.8, 4) is 5.75 Å². The fourth-order valence-corrected chi connectivity index (χ4v) is 2.55. The molecule has 1 saturated heterocycles. The normalized spacial score (nSPS) is 24.1. The average molecular weight is 249 g/mol. The van der Waals surface area contributed by atoms with Crippen molar-refractivity contribution < 1.29 is 14.6 Å². The first-order valence-corrected chi connectivity index (χ1v) is 6.18. The molecule has 18 heavy (non-hydrogen) atoms. The van der Waals surface area contributed by atoms with Crippen molar-refractivity contribution in [1.29, 1.82) is 0 Å². The van der Waals surface area contributed by atoms with E-state index in [1.54, 1.807) is 14.0 Å². The molecule has 1 aliphatic rings. The lowest BCUT2D eigenvalue weighted by atomic mass is 9.99. The standard InChI is InChI=1S/C14H19NO3/c1-14(13(16)17)8-5-9-15(14)10-11-6-3-4-7-12(11)18-2/h3-4,6-7H,5,8-10H2,1-2H3,(H,16,17). The Hall–Kier alpha value is -1.55. The number of carbonyl (C=O) groups is 1. The number of likely N-dealkylation sites (tertiary alicyclic amines) is 1. The lowest BCUT2D eigenvalue weighted by Crippen LogP contribution is -2.47. The van der Waals surface area contributed by atoms with Gasteiger partial charge in [0.05, 0.1) is 7.11 Å². The van der Waals surface area contributed by atoms with E-state index >= 15 is 0 Å². The highest BCUT2D eigenvalue weighted by molar-refractivity contribution is 5.78. The van der Waals surface area contributed by atoms with E-state index in [9.17, 15) is 9.90 Å². The monoisotopic (exact) mass is 249 g/mol. The molecule has 2 rings (SSSR count). The Balaban J connectivity index is 2.21. The van der Waals surface area contributed by atoms with Crippen molar-refractivity contribution in [2.75, 3.05) is 13.7 Å². The summed E-state index contributed by atoms with van der Waals surface area (Å²) in [5.74, 6) is 0.0760. The average Bonchev–Trinajstić information content (AvgIpc) is 2.73. The topological polar surface area (TPSA) is 49.8 Å². The van der Waals surface area contributed by atoms with Crippen LogP contribution in [-0.2, 0) is 11.3 Å². The molecule has 0 aliphatic carbocycles. The van der Waals surface area contributed by atoms with Crippen LogP contribution in [0.5, 0.6) is 5.75 Å². The van der Waals surface area contributed by atoms with Crippen LogP contribution in [0.1, 0.15) is 25.3 Å². The minimum absolute atomic E-state index is 0.618. The lowest BCUT2D eigenvalue weighted by molar-refractivity contribution is -0.148. The molecule has 0 aromatic heterocycles. The fourth-order valence-electron chi connectivity index (χ4n) is 2.55. The van der Waals surface area contributed by atoms with E-state index in [1.807, 2.05) is 29.2 Å². The summed E-state index contributed by atoms with van der Waals surface area (Å²) in [6.45, 7) is 3.24. The Morgan fingerprint density at radius 1 is 1.50 bits per heavy atom. The van der Waals surface area contributed by atoms with Crippen molar-refractivity contribution >= 4 is 5.97 Å². The van der Waals surface area contributed by atoms with Gasteiger partial charge in [0.1, 0.15) is 11.3 Å². The van der Waals surface area contributed by atoms with Crippen LogP contribution >= 0.6 is 0 Å². The first-order valence-electron chi connectivity index (χ1n) is 6.18. The van der Waals surface area contributed by atoms with Gasteiger partial charge in [-0.2, -0.15) is 0 Å². The molecule has 0 bridgehead atoms. The molecule has 1 aliphatic heterocycles. The van der Waals surface area contributed by atoms with Gasteiger partial charge in [-0.1, -0.05) is 18.2 Å². The van der Waals surface area contributed by atoms with Crippen LogP contribution < -0.4 is 4.74 Å². The summed E-state index contributed by atoms with van der Waals surface area (Å²) in [6, 6.07) is 7.76. The van der Waals surface area contributed by atoms with Crippen LogP contribution in [0.15, 0.2) is 24.3 Å². The van der Waals surface area contributed by atoms with Crippen LogP contribution in [0, 0.1) is 0 Å². The molecule has 1 heterocycles. The van der Waals surface area contributed by atoms with E-state index in [0.717, 1.165) is 24.3 Å². The Labute approximate surface area is 107 Å².